The molecule has 0 amide bonds. The molecule has 150 valence electrons. The van der Waals surface area contributed by atoms with Crippen LogP contribution in [0.5, 0.6) is 0 Å². The van der Waals surface area contributed by atoms with Crippen LogP contribution in [0.3, 0.4) is 0 Å². The Morgan fingerprint density at radius 1 is 1.19 bits per heavy atom. The van der Waals surface area contributed by atoms with Gasteiger partial charge in [-0.1, -0.05) is 55.5 Å². The number of ketones is 1. The molecular weight excluding hydrogens is 344 g/mol. The van der Waals surface area contributed by atoms with E-state index in [4.69, 9.17) is 5.11 Å². The predicted molar refractivity (Wildman–Crippen MR) is 106 cm³/mol. The number of carbonyl (C=O) groups is 2. The number of carboxylic acid groups (broad SMARTS) is 1. The number of carboxylic acids is 1. The first-order valence-electron chi connectivity index (χ1n) is 9.69. The van der Waals surface area contributed by atoms with Gasteiger partial charge in [0.15, 0.2) is 0 Å². The number of aliphatic hydroxyl groups is 2. The van der Waals surface area contributed by atoms with Crippen molar-refractivity contribution in [1.29, 1.82) is 0 Å². The second kappa shape index (κ2) is 13.2. The van der Waals surface area contributed by atoms with E-state index >= 15 is 0 Å². The molecule has 0 aliphatic heterocycles. The fourth-order valence-corrected chi connectivity index (χ4v) is 3.10. The number of carbonyl (C=O) groups excluding carboxylic acids is 1. The average molecular weight is 376 g/mol. The van der Waals surface area contributed by atoms with Gasteiger partial charge in [0.2, 0.25) is 0 Å². The fourth-order valence-electron chi connectivity index (χ4n) is 3.10. The third-order valence-electron chi connectivity index (χ3n) is 4.60. The summed E-state index contributed by atoms with van der Waals surface area (Å²) < 4.78 is 0. The van der Waals surface area contributed by atoms with Crippen molar-refractivity contribution < 1.29 is 24.9 Å². The number of aliphatic carboxylic acids is 1. The van der Waals surface area contributed by atoms with Gasteiger partial charge in [0.05, 0.1) is 12.2 Å². The summed E-state index contributed by atoms with van der Waals surface area (Å²) in [6.45, 7) is 2.08. The lowest BCUT2D eigenvalue weighted by atomic mass is 9.90. The highest BCUT2D eigenvalue weighted by Gasteiger charge is 2.39. The Kier molecular flexibility index (Phi) is 11.3. The lowest BCUT2D eigenvalue weighted by Crippen LogP contribution is -2.19. The van der Waals surface area contributed by atoms with Crippen molar-refractivity contribution >= 4 is 11.8 Å². The van der Waals surface area contributed by atoms with Crippen molar-refractivity contribution in [1.82, 2.24) is 0 Å². The first-order chi connectivity index (χ1) is 13.0. The molecule has 0 radical (unpaired) electrons. The summed E-state index contributed by atoms with van der Waals surface area (Å²) in [4.78, 5) is 22.6. The van der Waals surface area contributed by atoms with Gasteiger partial charge in [-0.05, 0) is 32.1 Å². The Morgan fingerprint density at radius 3 is 2.63 bits per heavy atom. The van der Waals surface area contributed by atoms with E-state index in [-0.39, 0.29) is 24.5 Å². The molecule has 1 aliphatic rings. The molecule has 3 N–H and O–H groups in total. The number of Topliss-reactive ketones (excluding diaryl/α,β-unsaturated/α-hetero) is 1. The summed E-state index contributed by atoms with van der Waals surface area (Å²) in [6.07, 6.45) is 17.2. The third kappa shape index (κ3) is 9.50. The number of hydrogen-bond donors (Lipinski definition) is 3. The summed E-state index contributed by atoms with van der Waals surface area (Å²) in [5.74, 6) is -1.50. The molecule has 0 bridgehead atoms. The van der Waals surface area contributed by atoms with Crippen LogP contribution < -0.4 is 0 Å². The molecule has 0 heterocycles. The van der Waals surface area contributed by atoms with Gasteiger partial charge >= 0.3 is 5.97 Å². The first-order valence-corrected chi connectivity index (χ1v) is 9.69. The average Bonchev–Trinajstić information content (AvgIpc) is 2.88. The van der Waals surface area contributed by atoms with E-state index in [1.54, 1.807) is 18.2 Å². The summed E-state index contributed by atoms with van der Waals surface area (Å²) in [5, 5.41) is 28.8. The third-order valence-corrected chi connectivity index (χ3v) is 4.60. The van der Waals surface area contributed by atoms with E-state index in [0.29, 0.717) is 19.3 Å². The Balaban J connectivity index is 2.50. The summed E-state index contributed by atoms with van der Waals surface area (Å²) >= 11 is 0. The topological polar surface area (TPSA) is 94.8 Å². The Labute approximate surface area is 161 Å². The molecule has 4 atom stereocenters. The second-order valence-electron chi connectivity index (χ2n) is 6.84. The zero-order valence-electron chi connectivity index (χ0n) is 16.0. The molecule has 1 saturated carbocycles. The van der Waals surface area contributed by atoms with Crippen LogP contribution in [-0.4, -0.2) is 39.3 Å². The van der Waals surface area contributed by atoms with Crippen LogP contribution in [0.15, 0.2) is 48.6 Å². The zero-order chi connectivity index (χ0) is 20.1. The van der Waals surface area contributed by atoms with Crippen LogP contribution in [-0.2, 0) is 9.59 Å². The van der Waals surface area contributed by atoms with Crippen LogP contribution in [0.2, 0.25) is 0 Å². The molecule has 0 aromatic rings. The molecule has 0 spiro atoms. The van der Waals surface area contributed by atoms with E-state index < -0.39 is 24.1 Å². The number of allylic oxidation sites excluding steroid dienone is 6. The van der Waals surface area contributed by atoms with E-state index in [1.807, 2.05) is 18.2 Å². The van der Waals surface area contributed by atoms with Crippen molar-refractivity contribution in [2.75, 3.05) is 0 Å². The van der Waals surface area contributed by atoms with Gasteiger partial charge in [0, 0.05) is 24.7 Å². The molecule has 1 aliphatic carbocycles. The van der Waals surface area contributed by atoms with Gasteiger partial charge in [-0.15, -0.1) is 0 Å². The molecule has 5 nitrogen and oxygen atoms in total. The monoisotopic (exact) mass is 376 g/mol. The molecule has 0 aromatic heterocycles. The maximum atomic E-state index is 12.1. The number of rotatable bonds is 12. The SMILES string of the molecule is CC/C=C\C/C=C\C[C@H](O)/C=C/[C@@H]1C(=O)C[C@@H](O)[C@H]1C/C=C\CCC(=O)O. The van der Waals surface area contributed by atoms with Crippen LogP contribution in [0.25, 0.3) is 0 Å². The minimum absolute atomic E-state index is 0.0184. The van der Waals surface area contributed by atoms with Crippen molar-refractivity contribution in [2.24, 2.45) is 11.8 Å². The number of hydrogen-bond acceptors (Lipinski definition) is 4. The van der Waals surface area contributed by atoms with Gasteiger partial charge in [-0.2, -0.15) is 0 Å². The highest BCUT2D eigenvalue weighted by atomic mass is 16.4. The molecule has 27 heavy (non-hydrogen) atoms. The van der Waals surface area contributed by atoms with Crippen LogP contribution in [0.1, 0.15) is 51.9 Å². The van der Waals surface area contributed by atoms with Gasteiger partial charge in [0.25, 0.3) is 0 Å². The molecule has 0 aromatic carbocycles. The summed E-state index contributed by atoms with van der Waals surface area (Å²) in [7, 11) is 0. The molecule has 0 saturated heterocycles. The summed E-state index contributed by atoms with van der Waals surface area (Å²) in [6, 6.07) is 0. The van der Waals surface area contributed by atoms with Crippen molar-refractivity contribution in [3.63, 3.8) is 0 Å². The zero-order valence-corrected chi connectivity index (χ0v) is 16.0. The number of aliphatic hydroxyl groups excluding tert-OH is 2. The lowest BCUT2D eigenvalue weighted by Gasteiger charge is -2.16. The minimum Gasteiger partial charge on any atom is -0.481 e. The Bertz CT molecular complexity index is 573. The highest BCUT2D eigenvalue weighted by molar-refractivity contribution is 5.86. The van der Waals surface area contributed by atoms with Crippen molar-refractivity contribution in [3.05, 3.63) is 48.6 Å². The van der Waals surface area contributed by atoms with Gasteiger partial charge < -0.3 is 15.3 Å². The quantitative estimate of drug-likeness (QED) is 0.453. The fraction of sp³-hybridized carbons (Fsp3) is 0.545. The largest absolute Gasteiger partial charge is 0.481 e. The second-order valence-corrected chi connectivity index (χ2v) is 6.84. The van der Waals surface area contributed by atoms with Gasteiger partial charge in [-0.25, -0.2) is 0 Å². The Morgan fingerprint density at radius 2 is 1.93 bits per heavy atom. The standard InChI is InChI=1S/C22H32O5/c1-2-3-4-5-6-8-11-17(23)14-15-19-18(20(24)16-21(19)25)12-9-7-10-13-22(26)27/h3-4,6-9,14-15,17-20,23-24H,2,5,10-13,16H2,1H3,(H,26,27)/b4-3-,8-6-,9-7-,15-14+/t17-,18-,19-,20+/m0/s1. The first kappa shape index (κ1) is 23.1. The van der Waals surface area contributed by atoms with Crippen molar-refractivity contribution in [3.8, 4) is 0 Å². The minimum atomic E-state index is -0.846. The lowest BCUT2D eigenvalue weighted by molar-refractivity contribution is -0.136. The van der Waals surface area contributed by atoms with Crippen LogP contribution in [0.4, 0.5) is 0 Å². The van der Waals surface area contributed by atoms with Gasteiger partial charge in [-0.3, -0.25) is 9.59 Å². The normalized spacial score (nSPS) is 24.9. The molecule has 1 rings (SSSR count). The van der Waals surface area contributed by atoms with E-state index in [9.17, 15) is 19.8 Å². The highest BCUT2D eigenvalue weighted by Crippen LogP contribution is 2.33. The molecule has 5 heteroatoms. The maximum absolute atomic E-state index is 12.1. The molecular formula is C22H32O5. The Hall–Kier alpha value is -1.98. The smallest absolute Gasteiger partial charge is 0.303 e. The summed E-state index contributed by atoms with van der Waals surface area (Å²) in [5.41, 5.74) is 0. The van der Waals surface area contributed by atoms with E-state index in [2.05, 4.69) is 19.1 Å². The predicted octanol–water partition coefficient (Wildman–Crippen LogP) is 3.58. The van der Waals surface area contributed by atoms with E-state index in [0.717, 1.165) is 12.8 Å². The maximum Gasteiger partial charge on any atom is 0.303 e. The van der Waals surface area contributed by atoms with Crippen molar-refractivity contribution in [2.45, 2.75) is 64.1 Å². The molecule has 1 fully saturated rings. The molecule has 0 unspecified atom stereocenters. The van der Waals surface area contributed by atoms with Crippen LogP contribution in [0, 0.1) is 11.8 Å². The van der Waals surface area contributed by atoms with E-state index in [1.165, 1.54) is 0 Å². The van der Waals surface area contributed by atoms with Gasteiger partial charge in [0.1, 0.15) is 5.78 Å². The van der Waals surface area contributed by atoms with Crippen LogP contribution >= 0.6 is 0 Å².